The fourth-order valence-corrected chi connectivity index (χ4v) is 10.8. The first-order valence-corrected chi connectivity index (χ1v) is 24.1. The highest BCUT2D eigenvalue weighted by atomic mass is 32.2. The van der Waals surface area contributed by atoms with E-state index in [1.807, 2.05) is 27.8 Å². The number of amides is 1. The molecule has 0 bridgehead atoms. The van der Waals surface area contributed by atoms with E-state index in [0.29, 0.717) is 5.75 Å². The van der Waals surface area contributed by atoms with E-state index in [1.165, 1.54) is 55.5 Å². The van der Waals surface area contributed by atoms with Crippen LogP contribution in [0.2, 0.25) is 0 Å². The Labute approximate surface area is 389 Å². The lowest BCUT2D eigenvalue weighted by molar-refractivity contribution is -0.438. The number of allylic oxidation sites excluding steroid dienone is 7. The van der Waals surface area contributed by atoms with E-state index in [1.54, 1.807) is 4.90 Å². The Hall–Kier alpha value is -5.45. The summed E-state index contributed by atoms with van der Waals surface area (Å²) in [6.07, 6.45) is 13.8. The van der Waals surface area contributed by atoms with Crippen molar-refractivity contribution in [1.82, 2.24) is 4.90 Å². The van der Waals surface area contributed by atoms with Gasteiger partial charge >= 0.3 is 6.09 Å². The molecule has 0 spiro atoms. The lowest BCUT2D eigenvalue weighted by Crippen LogP contribution is -2.34. The number of carbonyl (C=O) groups is 1. The Kier molecular flexibility index (Phi) is 13.3. The van der Waals surface area contributed by atoms with Gasteiger partial charge < -0.3 is 9.64 Å². The molecule has 0 atom stereocenters. The fraction of sp³-hybridized carbons (Fsp3) is 0.357. The predicted molar refractivity (Wildman–Crippen MR) is 270 cm³/mol. The quantitative estimate of drug-likeness (QED) is 0.0369. The van der Waals surface area contributed by atoms with Crippen LogP contribution >= 0.6 is 12.0 Å². The normalized spacial score (nSPS) is 17.6. The van der Waals surface area contributed by atoms with Gasteiger partial charge in [0.1, 0.15) is 12.1 Å². The summed E-state index contributed by atoms with van der Waals surface area (Å²) >= 11 is 1.09. The third-order valence-corrected chi connectivity index (χ3v) is 13.9. The minimum Gasteiger partial charge on any atom is -0.443 e. The van der Waals surface area contributed by atoms with Gasteiger partial charge in [-0.05, 0) is 110 Å². The molecule has 8 nitrogen and oxygen atoms in total. The molecule has 338 valence electrons. The largest absolute Gasteiger partial charge is 0.443 e. The van der Waals surface area contributed by atoms with E-state index in [4.69, 9.17) is 9.99 Å². The molecular formula is C56H64N3O5S+. The number of fused-ring (bicyclic) bond motifs is 7. The second-order valence-corrected chi connectivity index (χ2v) is 20.3. The van der Waals surface area contributed by atoms with Gasteiger partial charge in [-0.15, -0.1) is 4.33 Å². The topological polar surface area (TPSA) is 74.5 Å². The maximum Gasteiger partial charge on any atom is 0.414 e. The molecule has 1 amide bonds. The first kappa shape index (κ1) is 46.1. The van der Waals surface area contributed by atoms with Gasteiger partial charge in [-0.3, -0.25) is 4.90 Å². The Morgan fingerprint density at radius 1 is 0.785 bits per heavy atom. The highest BCUT2D eigenvalue weighted by Gasteiger charge is 2.46. The zero-order chi connectivity index (χ0) is 46.1. The third-order valence-electron chi connectivity index (χ3n) is 13.3. The first-order chi connectivity index (χ1) is 31.2. The number of nitrogens with zero attached hydrogens (tertiary/aromatic N) is 3. The van der Waals surface area contributed by atoms with Crippen LogP contribution in [0, 0.1) is 0 Å². The molecule has 8 rings (SSSR count). The lowest BCUT2D eigenvalue weighted by Gasteiger charge is -2.28. The van der Waals surface area contributed by atoms with Gasteiger partial charge in [0.15, 0.2) is 5.71 Å². The zero-order valence-corrected chi connectivity index (χ0v) is 40.4. The van der Waals surface area contributed by atoms with Crippen LogP contribution in [-0.4, -0.2) is 58.0 Å². The molecule has 2 heterocycles. The molecule has 5 aromatic carbocycles. The zero-order valence-electron chi connectivity index (χ0n) is 39.5. The number of ether oxygens (including phenoxy) is 1. The summed E-state index contributed by atoms with van der Waals surface area (Å²) in [5.41, 5.74) is 11.1. The Morgan fingerprint density at radius 3 is 2.14 bits per heavy atom. The molecule has 2 aliphatic heterocycles. The molecule has 3 aliphatic rings. The van der Waals surface area contributed by atoms with Crippen molar-refractivity contribution in [2.24, 2.45) is 0 Å². The second-order valence-electron chi connectivity index (χ2n) is 19.5. The molecule has 0 aromatic heterocycles. The van der Waals surface area contributed by atoms with Gasteiger partial charge in [-0.1, -0.05) is 124 Å². The van der Waals surface area contributed by atoms with E-state index in [2.05, 4.69) is 175 Å². The maximum absolute atomic E-state index is 14.3. The lowest BCUT2D eigenvalue weighted by atomic mass is 9.79. The predicted octanol–water partition coefficient (Wildman–Crippen LogP) is 14.3. The molecular weight excluding hydrogens is 827 g/mol. The summed E-state index contributed by atoms with van der Waals surface area (Å²) in [5.74, 6) is 0.680. The van der Waals surface area contributed by atoms with Crippen molar-refractivity contribution < 1.29 is 28.7 Å². The van der Waals surface area contributed by atoms with Crippen LogP contribution in [0.3, 0.4) is 0 Å². The number of unbranched alkanes of at least 4 members (excludes halogenated alkanes) is 3. The van der Waals surface area contributed by atoms with Crippen LogP contribution in [0.25, 0.3) is 32.7 Å². The van der Waals surface area contributed by atoms with Crippen molar-refractivity contribution in [3.05, 3.63) is 155 Å². The van der Waals surface area contributed by atoms with E-state index >= 15 is 0 Å². The summed E-state index contributed by atoms with van der Waals surface area (Å²) in [5, 5.41) is 17.5. The minimum absolute atomic E-state index is 0.285. The summed E-state index contributed by atoms with van der Waals surface area (Å²) in [6, 6.07) is 34.9. The van der Waals surface area contributed by atoms with Crippen LogP contribution < -0.4 is 4.90 Å². The van der Waals surface area contributed by atoms with Crippen LogP contribution in [0.4, 0.5) is 16.2 Å². The maximum atomic E-state index is 14.3. The average molecular weight is 891 g/mol. The number of hydrogen-bond donors (Lipinski definition) is 1. The Balaban J connectivity index is 1.29. The monoisotopic (exact) mass is 890 g/mol. The molecule has 1 N–H and O–H groups in total. The minimum atomic E-state index is -0.685. The summed E-state index contributed by atoms with van der Waals surface area (Å²) in [7, 11) is 1.84. The number of benzene rings is 5. The second kappa shape index (κ2) is 18.8. The van der Waals surface area contributed by atoms with Crippen molar-refractivity contribution in [3.8, 4) is 0 Å². The van der Waals surface area contributed by atoms with E-state index in [-0.39, 0.29) is 10.8 Å². The van der Waals surface area contributed by atoms with Crippen molar-refractivity contribution in [3.63, 3.8) is 0 Å². The van der Waals surface area contributed by atoms with Gasteiger partial charge in [0.2, 0.25) is 5.69 Å². The third kappa shape index (κ3) is 8.84. The van der Waals surface area contributed by atoms with Gasteiger partial charge in [0.05, 0.1) is 11.1 Å². The molecule has 0 radical (unpaired) electrons. The smallest absolute Gasteiger partial charge is 0.414 e. The molecule has 5 aromatic rings. The average Bonchev–Trinajstić information content (AvgIpc) is 3.80. The molecule has 0 saturated heterocycles. The number of carbonyl (C=O) groups excluding carboxylic acids is 1. The Bertz CT molecular complexity index is 2790. The van der Waals surface area contributed by atoms with Crippen molar-refractivity contribution in [2.75, 3.05) is 30.8 Å². The number of hydrogen-bond acceptors (Lipinski definition) is 7. The molecule has 9 heteroatoms. The number of rotatable bonds is 15. The summed E-state index contributed by atoms with van der Waals surface area (Å²) in [4.78, 5) is 18.5. The molecule has 65 heavy (non-hydrogen) atoms. The highest BCUT2D eigenvalue weighted by Crippen LogP contribution is 2.52. The Morgan fingerprint density at radius 2 is 1.45 bits per heavy atom. The summed E-state index contributed by atoms with van der Waals surface area (Å²) < 4.78 is 13.2. The number of likely N-dealkylation sites (N-methyl/N-ethyl adjacent to an activating group) is 1. The first-order valence-electron chi connectivity index (χ1n) is 23.2. The van der Waals surface area contributed by atoms with Crippen LogP contribution in [0.5, 0.6) is 0 Å². The van der Waals surface area contributed by atoms with Crippen LogP contribution in [0.15, 0.2) is 133 Å². The molecule has 0 saturated carbocycles. The van der Waals surface area contributed by atoms with E-state index in [0.717, 1.165) is 85.2 Å². The van der Waals surface area contributed by atoms with Crippen LogP contribution in [-0.2, 0) is 24.9 Å². The highest BCUT2D eigenvalue weighted by molar-refractivity contribution is 7.94. The van der Waals surface area contributed by atoms with Gasteiger partial charge in [-0.25, -0.2) is 10.1 Å². The van der Waals surface area contributed by atoms with E-state index < -0.39 is 11.7 Å². The molecule has 0 unspecified atom stereocenters. The summed E-state index contributed by atoms with van der Waals surface area (Å²) in [6.45, 7) is 19.1. The van der Waals surface area contributed by atoms with E-state index in [9.17, 15) is 4.79 Å². The van der Waals surface area contributed by atoms with Gasteiger partial charge in [0, 0.05) is 83.5 Å². The molecule has 1 aliphatic carbocycles. The van der Waals surface area contributed by atoms with Crippen molar-refractivity contribution >= 4 is 67.9 Å². The van der Waals surface area contributed by atoms with Gasteiger partial charge in [-0.2, -0.15) is 4.58 Å². The van der Waals surface area contributed by atoms with Gasteiger partial charge in [0.25, 0.3) is 0 Å². The SMILES string of the molecule is CCCCCN1/C(=C/C=C2C(N(C)C(=O)OC(C)(C)C)=C(/C=C/C3=[N+](CCCCSOOO)c4ccc5ccccc5c4C3(C)C)c3ccccc3/2)C(C)(C)c2c1ccc1ccccc21. The standard InChI is InChI=1S/C56H63N3O5S/c1-10-11-18-35-58-46-31-27-38-21-12-14-23-40(38)50(46)55(5,6)48(58)33-29-44-42-25-16-17-26-43(42)45(52(44)57(9)53(60)62-54(2,3)4)30-34-49-56(7,8)51-41-24-15-13-22-39(41)28-32-47(51)59(49)36-19-20-37-65-64-63-61/h12-17,21-34H,10-11,18-20,35-37H2,1-9H3/p+1. The molecule has 0 fully saturated rings. The fourth-order valence-electron chi connectivity index (χ4n) is 10.4. The van der Waals surface area contributed by atoms with Crippen molar-refractivity contribution in [2.45, 2.75) is 104 Å². The number of anilines is 1. The van der Waals surface area contributed by atoms with Crippen molar-refractivity contribution in [1.29, 1.82) is 0 Å². The van der Waals surface area contributed by atoms with Crippen LogP contribution in [0.1, 0.15) is 110 Å².